The normalized spacial score (nSPS) is 11.6. The predicted octanol–water partition coefficient (Wildman–Crippen LogP) is 4.33. The minimum Gasteiger partial charge on any atom is -0.481 e. The lowest BCUT2D eigenvalue weighted by molar-refractivity contribution is -0.137. The number of aliphatic carboxylic acids is 1. The zero-order valence-corrected chi connectivity index (χ0v) is 11.0. The zero-order valence-electron chi connectivity index (χ0n) is 9.43. The van der Waals surface area contributed by atoms with Gasteiger partial charge in [0.25, 0.3) is 5.92 Å². The maximum atomic E-state index is 13.7. The smallest absolute Gasteiger partial charge is 0.303 e. The third-order valence-corrected chi connectivity index (χ3v) is 3.08. The largest absolute Gasteiger partial charge is 0.481 e. The summed E-state index contributed by atoms with van der Waals surface area (Å²) >= 11 is 2.85. The molecule has 1 aromatic rings. The molecule has 0 heterocycles. The lowest BCUT2D eigenvalue weighted by Crippen LogP contribution is -2.13. The van der Waals surface area contributed by atoms with Gasteiger partial charge in [0.05, 0.1) is 4.47 Å². The molecule has 0 atom stereocenters. The van der Waals surface area contributed by atoms with Gasteiger partial charge in [0.1, 0.15) is 5.82 Å². The van der Waals surface area contributed by atoms with Gasteiger partial charge in [-0.3, -0.25) is 4.79 Å². The molecule has 6 heteroatoms. The molecule has 0 aliphatic carbocycles. The van der Waals surface area contributed by atoms with Crippen LogP contribution in [0.4, 0.5) is 13.2 Å². The van der Waals surface area contributed by atoms with Crippen molar-refractivity contribution in [3.8, 4) is 0 Å². The Kier molecular flexibility index (Phi) is 5.19. The SMILES string of the molecule is O=C(O)CCCCC(F)(F)c1ccc(F)c(Br)c1. The van der Waals surface area contributed by atoms with Crippen LogP contribution in [0, 0.1) is 5.82 Å². The third-order valence-electron chi connectivity index (χ3n) is 2.47. The molecule has 1 aromatic carbocycles. The van der Waals surface area contributed by atoms with Gasteiger partial charge in [-0.15, -0.1) is 0 Å². The molecule has 0 saturated carbocycles. The van der Waals surface area contributed by atoms with Gasteiger partial charge >= 0.3 is 5.97 Å². The van der Waals surface area contributed by atoms with Crippen molar-refractivity contribution in [2.24, 2.45) is 0 Å². The van der Waals surface area contributed by atoms with Crippen LogP contribution in [0.1, 0.15) is 31.2 Å². The molecule has 1 rings (SSSR count). The van der Waals surface area contributed by atoms with E-state index >= 15 is 0 Å². The first-order chi connectivity index (χ1) is 8.33. The van der Waals surface area contributed by atoms with E-state index in [1.165, 1.54) is 0 Å². The van der Waals surface area contributed by atoms with Crippen molar-refractivity contribution in [1.82, 2.24) is 0 Å². The zero-order chi connectivity index (χ0) is 13.8. The molecule has 0 fully saturated rings. The summed E-state index contributed by atoms with van der Waals surface area (Å²) in [5.41, 5.74) is -0.272. The van der Waals surface area contributed by atoms with Crippen molar-refractivity contribution in [1.29, 1.82) is 0 Å². The van der Waals surface area contributed by atoms with E-state index in [1.807, 2.05) is 0 Å². The van der Waals surface area contributed by atoms with E-state index in [0.717, 1.165) is 18.2 Å². The van der Waals surface area contributed by atoms with Crippen LogP contribution in [-0.2, 0) is 10.7 Å². The van der Waals surface area contributed by atoms with Crippen LogP contribution in [0.2, 0.25) is 0 Å². The van der Waals surface area contributed by atoms with Crippen LogP contribution in [-0.4, -0.2) is 11.1 Å². The summed E-state index contributed by atoms with van der Waals surface area (Å²) in [5.74, 6) is -4.67. The van der Waals surface area contributed by atoms with Gasteiger partial charge in [0, 0.05) is 18.4 Å². The number of carbonyl (C=O) groups is 1. The molecule has 0 radical (unpaired) electrons. The van der Waals surface area contributed by atoms with Crippen molar-refractivity contribution >= 4 is 21.9 Å². The average molecular weight is 325 g/mol. The first kappa shape index (κ1) is 15.0. The van der Waals surface area contributed by atoms with Crippen molar-refractivity contribution in [3.63, 3.8) is 0 Å². The van der Waals surface area contributed by atoms with E-state index in [4.69, 9.17) is 5.11 Å². The van der Waals surface area contributed by atoms with Crippen LogP contribution in [0.25, 0.3) is 0 Å². The number of halogens is 4. The second-order valence-electron chi connectivity index (χ2n) is 3.93. The summed E-state index contributed by atoms with van der Waals surface area (Å²) in [7, 11) is 0. The number of hydrogen-bond donors (Lipinski definition) is 1. The second kappa shape index (κ2) is 6.22. The standard InChI is InChI=1S/C12H12BrF3O2/c13-9-7-8(4-5-10(9)14)12(15,16)6-2-1-3-11(17)18/h4-5,7H,1-3,6H2,(H,17,18). The van der Waals surface area contributed by atoms with Gasteiger partial charge in [-0.05, 0) is 40.9 Å². The Morgan fingerprint density at radius 1 is 1.33 bits per heavy atom. The molecular weight excluding hydrogens is 313 g/mol. The van der Waals surface area contributed by atoms with E-state index in [2.05, 4.69) is 15.9 Å². The van der Waals surface area contributed by atoms with Gasteiger partial charge in [-0.25, -0.2) is 13.2 Å². The summed E-state index contributed by atoms with van der Waals surface area (Å²) in [6.45, 7) is 0. The molecule has 0 saturated heterocycles. The van der Waals surface area contributed by atoms with E-state index < -0.39 is 24.1 Å². The molecule has 1 N–H and O–H groups in total. The summed E-state index contributed by atoms with van der Waals surface area (Å²) in [4.78, 5) is 10.2. The Labute approximate surface area is 111 Å². The Bertz CT molecular complexity index is 435. The highest BCUT2D eigenvalue weighted by Gasteiger charge is 2.31. The number of benzene rings is 1. The monoisotopic (exact) mass is 324 g/mol. The van der Waals surface area contributed by atoms with Crippen LogP contribution in [0.15, 0.2) is 22.7 Å². The second-order valence-corrected chi connectivity index (χ2v) is 4.79. The minimum absolute atomic E-state index is 0.00906. The first-order valence-corrected chi connectivity index (χ1v) is 6.17. The molecular formula is C12H12BrF3O2. The highest BCUT2D eigenvalue weighted by atomic mass is 79.9. The summed E-state index contributed by atoms with van der Waals surface area (Å²) in [6, 6.07) is 3.06. The van der Waals surface area contributed by atoms with Gasteiger partial charge < -0.3 is 5.11 Å². The van der Waals surface area contributed by atoms with Gasteiger partial charge in [0.15, 0.2) is 0 Å². The molecule has 2 nitrogen and oxygen atoms in total. The summed E-state index contributed by atoms with van der Waals surface area (Å²) in [5, 5.41) is 8.39. The molecule has 18 heavy (non-hydrogen) atoms. The maximum Gasteiger partial charge on any atom is 0.303 e. The molecule has 0 spiro atoms. The Morgan fingerprint density at radius 2 is 2.00 bits per heavy atom. The van der Waals surface area contributed by atoms with Crippen LogP contribution >= 0.6 is 15.9 Å². The molecule has 100 valence electrons. The Morgan fingerprint density at radius 3 is 2.56 bits per heavy atom. The fourth-order valence-corrected chi connectivity index (χ4v) is 1.87. The number of alkyl halides is 2. The van der Waals surface area contributed by atoms with Crippen LogP contribution < -0.4 is 0 Å². The van der Waals surface area contributed by atoms with Crippen LogP contribution in [0.3, 0.4) is 0 Å². The topological polar surface area (TPSA) is 37.3 Å². The quantitative estimate of drug-likeness (QED) is 0.791. The van der Waals surface area contributed by atoms with E-state index in [9.17, 15) is 18.0 Å². The fraction of sp³-hybridized carbons (Fsp3) is 0.417. The number of carboxylic acid groups (broad SMARTS) is 1. The van der Waals surface area contributed by atoms with Crippen molar-refractivity contribution < 1.29 is 23.1 Å². The molecule has 0 amide bonds. The average Bonchev–Trinajstić information content (AvgIpc) is 2.28. The summed E-state index contributed by atoms with van der Waals surface area (Å²) in [6.07, 6.45) is -0.261. The Balaban J connectivity index is 2.61. The van der Waals surface area contributed by atoms with Gasteiger partial charge in [-0.2, -0.15) is 0 Å². The maximum absolute atomic E-state index is 13.7. The number of rotatable bonds is 6. The lowest BCUT2D eigenvalue weighted by Gasteiger charge is -2.16. The number of carboxylic acids is 1. The number of unbranched alkanes of at least 4 members (excludes halogenated alkanes) is 1. The third kappa shape index (κ3) is 4.33. The summed E-state index contributed by atoms with van der Waals surface area (Å²) < 4.78 is 40.3. The molecule has 0 aliphatic rings. The fourth-order valence-electron chi connectivity index (χ4n) is 1.49. The van der Waals surface area contributed by atoms with Gasteiger partial charge in [-0.1, -0.05) is 6.07 Å². The molecule has 0 unspecified atom stereocenters. The van der Waals surface area contributed by atoms with Gasteiger partial charge in [0.2, 0.25) is 0 Å². The van der Waals surface area contributed by atoms with E-state index in [0.29, 0.717) is 0 Å². The molecule has 0 aliphatic heterocycles. The highest BCUT2D eigenvalue weighted by Crippen LogP contribution is 2.35. The highest BCUT2D eigenvalue weighted by molar-refractivity contribution is 9.10. The molecule has 0 bridgehead atoms. The molecule has 0 aromatic heterocycles. The first-order valence-electron chi connectivity index (χ1n) is 5.38. The predicted molar refractivity (Wildman–Crippen MR) is 64.1 cm³/mol. The number of hydrogen-bond acceptors (Lipinski definition) is 1. The van der Waals surface area contributed by atoms with E-state index in [-0.39, 0.29) is 29.3 Å². The van der Waals surface area contributed by atoms with Crippen molar-refractivity contribution in [2.75, 3.05) is 0 Å². The minimum atomic E-state index is -3.07. The van der Waals surface area contributed by atoms with Crippen molar-refractivity contribution in [3.05, 3.63) is 34.1 Å². The lowest BCUT2D eigenvalue weighted by atomic mass is 10.0. The van der Waals surface area contributed by atoms with E-state index in [1.54, 1.807) is 0 Å². The van der Waals surface area contributed by atoms with Crippen LogP contribution in [0.5, 0.6) is 0 Å². The van der Waals surface area contributed by atoms with Crippen molar-refractivity contribution in [2.45, 2.75) is 31.6 Å². The Hall–Kier alpha value is -1.04.